The van der Waals surface area contributed by atoms with Gasteiger partial charge in [0.25, 0.3) is 5.69 Å². The van der Waals surface area contributed by atoms with Crippen molar-refractivity contribution in [1.29, 1.82) is 0 Å². The highest BCUT2D eigenvalue weighted by molar-refractivity contribution is 9.10. The van der Waals surface area contributed by atoms with E-state index in [9.17, 15) is 10.1 Å². The van der Waals surface area contributed by atoms with Crippen molar-refractivity contribution in [3.8, 4) is 0 Å². The molecule has 0 aliphatic carbocycles. The molecule has 0 fully saturated rings. The van der Waals surface area contributed by atoms with E-state index in [-0.39, 0.29) is 10.6 Å². The molecule has 0 aliphatic heterocycles. The molecule has 0 amide bonds. The Labute approximate surface area is 115 Å². The molecule has 6 heteroatoms. The third kappa shape index (κ3) is 3.08. The van der Waals surface area contributed by atoms with Crippen LogP contribution >= 0.6 is 39.0 Å². The summed E-state index contributed by atoms with van der Waals surface area (Å²) in [5.74, 6) is 0.725. The van der Waals surface area contributed by atoms with Crippen LogP contribution in [-0.4, -0.2) is 4.92 Å². The molecule has 17 heavy (non-hydrogen) atoms. The lowest BCUT2D eigenvalue weighted by Gasteiger charge is -2.03. The van der Waals surface area contributed by atoms with Gasteiger partial charge in [-0.15, -0.1) is 23.1 Å². The predicted octanol–water partition coefficient (Wildman–Crippen LogP) is 4.71. The molecular weight excluding hydrogens is 322 g/mol. The first-order valence-electron chi connectivity index (χ1n) is 4.76. The van der Waals surface area contributed by atoms with E-state index >= 15 is 0 Å². The van der Waals surface area contributed by atoms with Gasteiger partial charge in [-0.25, -0.2) is 0 Å². The maximum Gasteiger partial charge on any atom is 0.283 e. The van der Waals surface area contributed by atoms with Crippen LogP contribution in [0.15, 0.2) is 44.4 Å². The number of hydrogen-bond acceptors (Lipinski definition) is 4. The van der Waals surface area contributed by atoms with Crippen LogP contribution in [0.2, 0.25) is 0 Å². The molecule has 0 unspecified atom stereocenters. The second kappa shape index (κ2) is 5.66. The Morgan fingerprint density at radius 2 is 2.18 bits per heavy atom. The van der Waals surface area contributed by atoms with Gasteiger partial charge in [0.1, 0.15) is 0 Å². The van der Waals surface area contributed by atoms with Crippen molar-refractivity contribution in [2.45, 2.75) is 9.96 Å². The lowest BCUT2D eigenvalue weighted by Crippen LogP contribution is -1.92. The summed E-state index contributed by atoms with van der Waals surface area (Å²) in [5, 5.41) is 12.8. The van der Waals surface area contributed by atoms with Gasteiger partial charge < -0.3 is 0 Å². The molecule has 2 rings (SSSR count). The molecule has 0 aliphatic rings. The summed E-state index contributed by atoms with van der Waals surface area (Å²) >= 11 is 6.65. The van der Waals surface area contributed by atoms with Gasteiger partial charge in [-0.1, -0.05) is 18.2 Å². The van der Waals surface area contributed by atoms with Crippen molar-refractivity contribution >= 4 is 44.7 Å². The fourth-order valence-electron chi connectivity index (χ4n) is 1.31. The second-order valence-corrected chi connectivity index (χ2v) is 6.24. The highest BCUT2D eigenvalue weighted by atomic mass is 79.9. The van der Waals surface area contributed by atoms with Gasteiger partial charge in [-0.3, -0.25) is 10.1 Å². The molecule has 1 heterocycles. The van der Waals surface area contributed by atoms with E-state index in [1.165, 1.54) is 10.3 Å². The fourth-order valence-corrected chi connectivity index (χ4v) is 3.83. The molecule has 88 valence electrons. The monoisotopic (exact) mass is 329 g/mol. The number of rotatable bonds is 4. The van der Waals surface area contributed by atoms with Gasteiger partial charge in [0.2, 0.25) is 0 Å². The lowest BCUT2D eigenvalue weighted by molar-refractivity contribution is -0.385. The maximum atomic E-state index is 10.8. The average Bonchev–Trinajstić information content (AvgIpc) is 2.80. The minimum Gasteiger partial charge on any atom is -0.258 e. The molecule has 2 aromatic rings. The Morgan fingerprint density at radius 1 is 1.35 bits per heavy atom. The van der Waals surface area contributed by atoms with E-state index in [2.05, 4.69) is 15.9 Å². The Kier molecular flexibility index (Phi) is 4.20. The Morgan fingerprint density at radius 3 is 2.82 bits per heavy atom. The van der Waals surface area contributed by atoms with Crippen molar-refractivity contribution in [2.75, 3.05) is 0 Å². The lowest BCUT2D eigenvalue weighted by atomic mass is 10.2. The van der Waals surface area contributed by atoms with Crippen LogP contribution in [0, 0.1) is 10.1 Å². The molecule has 1 aromatic carbocycles. The van der Waals surface area contributed by atoms with Crippen LogP contribution in [0.4, 0.5) is 5.69 Å². The molecule has 0 bridgehead atoms. The maximum absolute atomic E-state index is 10.8. The van der Waals surface area contributed by atoms with Gasteiger partial charge in [-0.2, -0.15) is 0 Å². The normalized spacial score (nSPS) is 10.4. The fraction of sp³-hybridized carbons (Fsp3) is 0.0909. The van der Waals surface area contributed by atoms with Crippen molar-refractivity contribution in [3.05, 3.63) is 55.9 Å². The number of benzene rings is 1. The number of nitro benzene ring substituents is 1. The number of thiophene rings is 1. The van der Waals surface area contributed by atoms with Crippen molar-refractivity contribution in [2.24, 2.45) is 0 Å². The van der Waals surface area contributed by atoms with Crippen LogP contribution in [0.3, 0.4) is 0 Å². The molecule has 0 atom stereocenters. The van der Waals surface area contributed by atoms with Crippen LogP contribution in [0.1, 0.15) is 5.56 Å². The zero-order chi connectivity index (χ0) is 12.3. The summed E-state index contributed by atoms with van der Waals surface area (Å²) in [6, 6.07) is 9.16. The van der Waals surface area contributed by atoms with E-state index in [1.54, 1.807) is 29.2 Å². The van der Waals surface area contributed by atoms with Gasteiger partial charge in [0.05, 0.1) is 13.6 Å². The van der Waals surface area contributed by atoms with Gasteiger partial charge in [0.15, 0.2) is 0 Å². The number of halogens is 1. The topological polar surface area (TPSA) is 43.1 Å². The van der Waals surface area contributed by atoms with Crippen molar-refractivity contribution in [3.63, 3.8) is 0 Å². The summed E-state index contributed by atoms with van der Waals surface area (Å²) in [5.41, 5.74) is 1.06. The van der Waals surface area contributed by atoms with E-state index < -0.39 is 0 Å². The SMILES string of the molecule is O=[N+]([O-])c1cccc(CSc2cccs2)c1Br. The van der Waals surface area contributed by atoms with Gasteiger partial charge >= 0.3 is 0 Å². The molecule has 0 N–H and O–H groups in total. The van der Waals surface area contributed by atoms with Crippen LogP contribution in [0.5, 0.6) is 0 Å². The molecule has 3 nitrogen and oxygen atoms in total. The van der Waals surface area contributed by atoms with E-state index in [0.29, 0.717) is 4.47 Å². The quantitative estimate of drug-likeness (QED) is 0.463. The minimum absolute atomic E-state index is 0.120. The summed E-state index contributed by atoms with van der Waals surface area (Å²) in [4.78, 5) is 10.4. The molecule has 0 spiro atoms. The van der Waals surface area contributed by atoms with Gasteiger partial charge in [0, 0.05) is 11.8 Å². The number of thioether (sulfide) groups is 1. The third-order valence-corrected chi connectivity index (χ3v) is 5.22. The minimum atomic E-state index is -0.372. The molecule has 1 aromatic heterocycles. The molecular formula is C11H8BrNO2S2. The first kappa shape index (κ1) is 12.6. The third-order valence-electron chi connectivity index (χ3n) is 2.12. The zero-order valence-corrected chi connectivity index (χ0v) is 11.8. The average molecular weight is 330 g/mol. The van der Waals surface area contributed by atoms with Crippen LogP contribution in [-0.2, 0) is 5.75 Å². The predicted molar refractivity (Wildman–Crippen MR) is 74.7 cm³/mol. The second-order valence-electron chi connectivity index (χ2n) is 3.23. The standard InChI is InChI=1S/C11H8BrNO2S2/c12-11-8(3-1-4-9(11)13(14)15)7-17-10-5-2-6-16-10/h1-6H,7H2. The Hall–Kier alpha value is -0.850. The number of nitro groups is 1. The first-order chi connectivity index (χ1) is 8.18. The van der Waals surface area contributed by atoms with E-state index in [1.807, 2.05) is 23.6 Å². The Balaban J connectivity index is 2.16. The van der Waals surface area contributed by atoms with Crippen molar-refractivity contribution in [1.82, 2.24) is 0 Å². The van der Waals surface area contributed by atoms with E-state index in [0.717, 1.165) is 11.3 Å². The zero-order valence-electron chi connectivity index (χ0n) is 8.63. The molecule has 0 radical (unpaired) electrons. The largest absolute Gasteiger partial charge is 0.283 e. The Bertz CT molecular complexity index is 528. The number of hydrogen-bond donors (Lipinski definition) is 0. The van der Waals surface area contributed by atoms with Crippen LogP contribution < -0.4 is 0 Å². The smallest absolute Gasteiger partial charge is 0.258 e. The summed E-state index contributed by atoms with van der Waals surface area (Å²) < 4.78 is 1.79. The summed E-state index contributed by atoms with van der Waals surface area (Å²) in [6.45, 7) is 0. The highest BCUT2D eigenvalue weighted by Crippen LogP contribution is 2.33. The van der Waals surface area contributed by atoms with Crippen LogP contribution in [0.25, 0.3) is 0 Å². The highest BCUT2D eigenvalue weighted by Gasteiger charge is 2.14. The summed E-state index contributed by atoms with van der Waals surface area (Å²) in [6.07, 6.45) is 0. The summed E-state index contributed by atoms with van der Waals surface area (Å²) in [7, 11) is 0. The first-order valence-corrected chi connectivity index (χ1v) is 7.42. The van der Waals surface area contributed by atoms with Crippen molar-refractivity contribution < 1.29 is 4.92 Å². The molecule has 0 saturated heterocycles. The number of nitrogens with zero attached hydrogens (tertiary/aromatic N) is 1. The van der Waals surface area contributed by atoms with Gasteiger partial charge in [-0.05, 0) is 32.9 Å². The molecule has 0 saturated carbocycles. The van der Waals surface area contributed by atoms with E-state index in [4.69, 9.17) is 0 Å².